The summed E-state index contributed by atoms with van der Waals surface area (Å²) < 4.78 is 15.7. The second kappa shape index (κ2) is 8.96. The molecule has 0 saturated heterocycles. The van der Waals surface area contributed by atoms with Gasteiger partial charge in [-0.15, -0.1) is 23.1 Å². The van der Waals surface area contributed by atoms with Crippen molar-refractivity contribution in [2.24, 2.45) is 4.99 Å². The summed E-state index contributed by atoms with van der Waals surface area (Å²) in [7, 11) is -4.86. The van der Waals surface area contributed by atoms with Crippen LogP contribution >= 0.6 is 30.9 Å². The van der Waals surface area contributed by atoms with Crippen molar-refractivity contribution < 1.29 is 87.9 Å². The summed E-state index contributed by atoms with van der Waals surface area (Å²) in [4.78, 5) is 38.5. The minimum atomic E-state index is -4.86. The topological polar surface area (TPSA) is 135 Å². The summed E-state index contributed by atoms with van der Waals surface area (Å²) in [6.45, 7) is 0. The van der Waals surface area contributed by atoms with Crippen molar-refractivity contribution in [1.82, 2.24) is 4.98 Å². The standard InChI is InChI=1S/C11H9N2O6PS2.2Na/c14-11(15)7-4-21-9(13-7)10-12-6-2-1-5(3-8(6)22-10)19-20(16,17)18;;/h1-3,7H,4H2,(H,14,15)(H2,16,17,18);;/q;2*+1/p-2/t7-;;/m1../s1. The van der Waals surface area contributed by atoms with Gasteiger partial charge in [-0.1, -0.05) is 0 Å². The van der Waals surface area contributed by atoms with Crippen molar-refractivity contribution in [2.45, 2.75) is 6.04 Å². The Bertz CT molecular complexity index is 839. The molecule has 1 N–H and O–H groups in total. The van der Waals surface area contributed by atoms with Gasteiger partial charge in [0.1, 0.15) is 21.8 Å². The first-order valence-corrected chi connectivity index (χ1v) is 9.17. The van der Waals surface area contributed by atoms with Crippen LogP contribution in [-0.2, 0) is 9.36 Å². The number of thioether (sulfide) groups is 1. The number of aromatic nitrogens is 1. The molecule has 13 heteroatoms. The molecule has 0 radical (unpaired) electrons. The van der Waals surface area contributed by atoms with Crippen LogP contribution in [0.5, 0.6) is 5.75 Å². The molecule has 1 aromatic heterocycles. The first kappa shape index (κ1) is 22.6. The predicted octanol–water partition coefficient (Wildman–Crippen LogP) is -6.24. The normalized spacial score (nSPS) is 18.9. The summed E-state index contributed by atoms with van der Waals surface area (Å²) in [6, 6.07) is 3.44. The number of nitrogens with zero attached hydrogens (tertiary/aromatic N) is 2. The monoisotopic (exact) mass is 404 g/mol. The van der Waals surface area contributed by atoms with Gasteiger partial charge >= 0.3 is 66.9 Å². The molecule has 1 aliphatic rings. The molecule has 24 heavy (non-hydrogen) atoms. The number of hydrogen-bond acceptors (Lipinski definition) is 9. The third-order valence-electron chi connectivity index (χ3n) is 2.69. The number of hydrogen-bond donors (Lipinski definition) is 1. The summed E-state index contributed by atoms with van der Waals surface area (Å²) in [5.41, 5.74) is 0.589. The number of carboxylic acids is 1. The molecule has 1 aromatic carbocycles. The molecular formula is C11H7N2Na2O6PS2. The molecule has 2 heterocycles. The van der Waals surface area contributed by atoms with E-state index in [9.17, 15) is 19.4 Å². The molecule has 0 bridgehead atoms. The van der Waals surface area contributed by atoms with Gasteiger partial charge in [0.25, 0.3) is 0 Å². The predicted molar refractivity (Wildman–Crippen MR) is 77.9 cm³/mol. The number of aliphatic carboxylic acids is 1. The Kier molecular flexibility index (Phi) is 8.44. The fourth-order valence-corrected chi connectivity index (χ4v) is 4.26. The van der Waals surface area contributed by atoms with Crippen LogP contribution in [0, 0.1) is 0 Å². The van der Waals surface area contributed by atoms with Crippen LogP contribution in [0.3, 0.4) is 0 Å². The van der Waals surface area contributed by atoms with Crippen molar-refractivity contribution in [3.63, 3.8) is 0 Å². The van der Waals surface area contributed by atoms with Gasteiger partial charge < -0.3 is 24.2 Å². The van der Waals surface area contributed by atoms with Gasteiger partial charge in [0, 0.05) is 11.8 Å². The fraction of sp³-hybridized carbons (Fsp3) is 0.182. The molecule has 1 unspecified atom stereocenters. The maximum Gasteiger partial charge on any atom is 1.00 e. The van der Waals surface area contributed by atoms with Crippen molar-refractivity contribution in [2.75, 3.05) is 5.75 Å². The van der Waals surface area contributed by atoms with E-state index >= 15 is 0 Å². The number of carbonyl (C=O) groups excluding carboxylic acids is 1. The van der Waals surface area contributed by atoms with Crippen molar-refractivity contribution in [3.8, 4) is 5.75 Å². The van der Waals surface area contributed by atoms with Crippen LogP contribution in [0.1, 0.15) is 5.01 Å². The number of rotatable bonds is 4. The van der Waals surface area contributed by atoms with Gasteiger partial charge in [-0.2, -0.15) is 0 Å². The molecule has 116 valence electrons. The Hall–Kier alpha value is 0.550. The SMILES string of the molecule is O=C([O-])[C@H]1CSC(c2nc3ccc(OP(=O)([O-])O)cc3s2)=N1.[Na+].[Na+]. The summed E-state index contributed by atoms with van der Waals surface area (Å²) in [5, 5.41) is 11.8. The second-order valence-electron chi connectivity index (χ2n) is 4.29. The number of aliphatic imine (C=N–C) groups is 1. The quantitative estimate of drug-likeness (QED) is 0.393. The molecule has 8 nitrogen and oxygen atoms in total. The van der Waals surface area contributed by atoms with E-state index in [4.69, 9.17) is 4.89 Å². The molecule has 0 saturated carbocycles. The molecule has 2 atom stereocenters. The van der Waals surface area contributed by atoms with Gasteiger partial charge in [0.15, 0.2) is 0 Å². The van der Waals surface area contributed by atoms with E-state index in [-0.39, 0.29) is 64.9 Å². The maximum atomic E-state index is 10.8. The number of fused-ring (bicyclic) bond motifs is 1. The number of thiazole rings is 1. The summed E-state index contributed by atoms with van der Waals surface area (Å²) >= 11 is 2.49. The number of benzene rings is 1. The summed E-state index contributed by atoms with van der Waals surface area (Å²) in [6.07, 6.45) is 0. The van der Waals surface area contributed by atoms with Crippen molar-refractivity contribution in [1.29, 1.82) is 0 Å². The minimum Gasteiger partial charge on any atom is -0.746 e. The average molecular weight is 404 g/mol. The van der Waals surface area contributed by atoms with Crippen LogP contribution in [-0.4, -0.2) is 32.7 Å². The van der Waals surface area contributed by atoms with E-state index in [1.807, 2.05) is 0 Å². The molecule has 0 aliphatic carbocycles. The molecule has 0 fully saturated rings. The summed E-state index contributed by atoms with van der Waals surface area (Å²) in [5.74, 6) is -0.961. The molecular weight excluding hydrogens is 397 g/mol. The van der Waals surface area contributed by atoms with Gasteiger partial charge in [-0.3, -0.25) is 9.56 Å². The molecule has 0 amide bonds. The zero-order chi connectivity index (χ0) is 15.9. The number of phosphoric acid groups is 1. The maximum absolute atomic E-state index is 10.8. The third-order valence-corrected chi connectivity index (χ3v) is 5.34. The number of carbonyl (C=O) groups is 1. The molecule has 0 spiro atoms. The fourth-order valence-electron chi connectivity index (χ4n) is 1.80. The molecule has 2 aromatic rings. The Morgan fingerprint density at radius 1 is 1.42 bits per heavy atom. The van der Waals surface area contributed by atoms with E-state index in [1.165, 1.54) is 41.3 Å². The Morgan fingerprint density at radius 2 is 2.12 bits per heavy atom. The van der Waals surface area contributed by atoms with E-state index in [1.54, 1.807) is 0 Å². The van der Waals surface area contributed by atoms with E-state index in [0.29, 0.717) is 26.0 Å². The van der Waals surface area contributed by atoms with Crippen molar-refractivity contribution in [3.05, 3.63) is 23.2 Å². The van der Waals surface area contributed by atoms with E-state index in [2.05, 4.69) is 14.5 Å². The first-order valence-electron chi connectivity index (χ1n) is 5.88. The Balaban J connectivity index is 0.00000144. The van der Waals surface area contributed by atoms with Crippen LogP contribution in [0.15, 0.2) is 23.2 Å². The average Bonchev–Trinajstić information content (AvgIpc) is 3.02. The smallest absolute Gasteiger partial charge is 0.746 e. The van der Waals surface area contributed by atoms with Crippen LogP contribution in [0.4, 0.5) is 0 Å². The zero-order valence-electron chi connectivity index (χ0n) is 12.7. The Labute approximate surface area is 188 Å². The van der Waals surface area contributed by atoms with Gasteiger partial charge in [-0.05, 0) is 12.1 Å². The van der Waals surface area contributed by atoms with E-state index < -0.39 is 19.8 Å². The molecule has 1 aliphatic heterocycles. The minimum absolute atomic E-state index is 0. The number of phosphoric ester groups is 1. The van der Waals surface area contributed by atoms with Crippen LogP contribution in [0.2, 0.25) is 0 Å². The Morgan fingerprint density at radius 3 is 2.71 bits per heavy atom. The first-order chi connectivity index (χ1) is 10.3. The van der Waals surface area contributed by atoms with Gasteiger partial charge in [-0.25, -0.2) is 4.98 Å². The number of carboxylic acid groups (broad SMARTS) is 1. The van der Waals surface area contributed by atoms with Crippen LogP contribution in [0.25, 0.3) is 10.2 Å². The van der Waals surface area contributed by atoms with Crippen molar-refractivity contribution >= 4 is 52.2 Å². The third kappa shape index (κ3) is 5.52. The largest absolute Gasteiger partial charge is 1.00 e. The van der Waals surface area contributed by atoms with Crippen LogP contribution < -0.4 is 73.6 Å². The second-order valence-corrected chi connectivity index (χ2v) is 7.45. The van der Waals surface area contributed by atoms with Gasteiger partial charge in [0.2, 0.25) is 0 Å². The zero-order valence-corrected chi connectivity index (χ0v) is 19.2. The van der Waals surface area contributed by atoms with E-state index in [0.717, 1.165) is 0 Å². The molecule has 3 rings (SSSR count). The van der Waals surface area contributed by atoms with Gasteiger partial charge in [0.05, 0.1) is 16.2 Å².